The van der Waals surface area contributed by atoms with Gasteiger partial charge < -0.3 is 34.3 Å². The van der Waals surface area contributed by atoms with E-state index < -0.39 is 23.6 Å². The predicted molar refractivity (Wildman–Crippen MR) is 164 cm³/mol. The number of amides is 3. The Balaban J connectivity index is 1.07. The molecular weight excluding hydrogens is 571 g/mol. The van der Waals surface area contributed by atoms with E-state index in [1.165, 1.54) is 17.9 Å². The minimum Gasteiger partial charge on any atom is -0.444 e. The van der Waals surface area contributed by atoms with Crippen LogP contribution in [0.4, 0.5) is 31.2 Å². The number of alkyl carbamates (subject to hydrolysis) is 1. The van der Waals surface area contributed by atoms with Crippen molar-refractivity contribution < 1.29 is 32.7 Å². The number of furan rings is 1. The lowest BCUT2D eigenvalue weighted by atomic mass is 10.1. The third-order valence-corrected chi connectivity index (χ3v) is 7.96. The summed E-state index contributed by atoms with van der Waals surface area (Å²) in [6.07, 6.45) is 0.222. The van der Waals surface area contributed by atoms with Crippen LogP contribution in [0, 0.1) is 5.82 Å². The lowest BCUT2D eigenvalue weighted by Gasteiger charge is -2.36. The number of cyclic esters (lactones) is 1. The van der Waals surface area contributed by atoms with Crippen LogP contribution in [0.5, 0.6) is 0 Å². The second kappa shape index (κ2) is 13.3. The SMILES string of the molecule is CC(=O)NC[C@H]1CN(c2ccc(N3CCN(Cc4ccc(N5CCC(NC(=O)OC(C)(C)C)CC5)o4)CC3)c(F)c2)C(=O)O1. The molecule has 0 radical (unpaired) electrons. The van der Waals surface area contributed by atoms with Gasteiger partial charge in [-0.3, -0.25) is 14.6 Å². The van der Waals surface area contributed by atoms with Crippen molar-refractivity contribution in [3.8, 4) is 0 Å². The van der Waals surface area contributed by atoms with E-state index in [0.29, 0.717) is 31.0 Å². The van der Waals surface area contributed by atoms with Crippen LogP contribution in [0.25, 0.3) is 0 Å². The number of halogens is 1. The molecule has 2 aromatic rings. The van der Waals surface area contributed by atoms with Gasteiger partial charge in [-0.05, 0) is 57.9 Å². The number of piperidine rings is 1. The first kappa shape index (κ1) is 31.4. The highest BCUT2D eigenvalue weighted by molar-refractivity contribution is 5.90. The molecule has 0 spiro atoms. The van der Waals surface area contributed by atoms with Gasteiger partial charge in [0.1, 0.15) is 23.3 Å². The number of hydrogen-bond acceptors (Lipinski definition) is 9. The average molecular weight is 615 g/mol. The highest BCUT2D eigenvalue weighted by Crippen LogP contribution is 2.29. The summed E-state index contributed by atoms with van der Waals surface area (Å²) in [6, 6.07) is 8.90. The van der Waals surface area contributed by atoms with E-state index in [2.05, 4.69) is 20.4 Å². The lowest BCUT2D eigenvalue weighted by Crippen LogP contribution is -2.46. The molecule has 0 aliphatic carbocycles. The molecule has 2 N–H and O–H groups in total. The Hall–Kier alpha value is -4.00. The second-order valence-electron chi connectivity index (χ2n) is 12.6. The summed E-state index contributed by atoms with van der Waals surface area (Å²) in [5.74, 6) is 1.12. The molecule has 0 bridgehead atoms. The number of carbonyl (C=O) groups excluding carboxylic acids is 3. The molecular formula is C31H43FN6O6. The molecule has 0 saturated carbocycles. The Kier molecular flexibility index (Phi) is 9.52. The fourth-order valence-corrected chi connectivity index (χ4v) is 5.72. The number of anilines is 3. The highest BCUT2D eigenvalue weighted by Gasteiger charge is 2.33. The molecule has 1 aromatic carbocycles. The fourth-order valence-electron chi connectivity index (χ4n) is 5.72. The second-order valence-corrected chi connectivity index (χ2v) is 12.6. The summed E-state index contributed by atoms with van der Waals surface area (Å²) in [6.45, 7) is 12.5. The van der Waals surface area contributed by atoms with Crippen LogP contribution in [0.1, 0.15) is 46.3 Å². The number of nitrogens with zero attached hydrogens (tertiary/aromatic N) is 4. The van der Waals surface area contributed by atoms with E-state index in [4.69, 9.17) is 13.9 Å². The Morgan fingerprint density at radius 3 is 2.41 bits per heavy atom. The van der Waals surface area contributed by atoms with Crippen molar-refractivity contribution >= 4 is 35.4 Å². The number of carbonyl (C=O) groups is 3. The van der Waals surface area contributed by atoms with Gasteiger partial charge in [-0.1, -0.05) is 0 Å². The Morgan fingerprint density at radius 1 is 1.02 bits per heavy atom. The lowest BCUT2D eigenvalue weighted by molar-refractivity contribution is -0.119. The fraction of sp³-hybridized carbons (Fsp3) is 0.581. The number of nitrogens with one attached hydrogen (secondary N) is 2. The van der Waals surface area contributed by atoms with Crippen molar-refractivity contribution in [2.24, 2.45) is 0 Å². The van der Waals surface area contributed by atoms with Gasteiger partial charge in [0, 0.05) is 58.3 Å². The van der Waals surface area contributed by atoms with Crippen LogP contribution >= 0.6 is 0 Å². The molecule has 3 aliphatic heterocycles. The number of piperazine rings is 1. The van der Waals surface area contributed by atoms with E-state index >= 15 is 4.39 Å². The number of hydrogen-bond donors (Lipinski definition) is 2. The van der Waals surface area contributed by atoms with Gasteiger partial charge in [0.2, 0.25) is 5.91 Å². The molecule has 3 aliphatic rings. The molecule has 13 heteroatoms. The highest BCUT2D eigenvalue weighted by atomic mass is 19.1. The van der Waals surface area contributed by atoms with Crippen molar-refractivity contribution in [2.75, 3.05) is 67.1 Å². The van der Waals surface area contributed by atoms with Crippen LogP contribution in [0.3, 0.4) is 0 Å². The van der Waals surface area contributed by atoms with Gasteiger partial charge in [0.25, 0.3) is 0 Å². The van der Waals surface area contributed by atoms with Crippen LogP contribution in [-0.4, -0.2) is 93.1 Å². The first-order valence-corrected chi connectivity index (χ1v) is 15.3. The quantitative estimate of drug-likeness (QED) is 0.459. The van der Waals surface area contributed by atoms with Crippen molar-refractivity contribution in [3.63, 3.8) is 0 Å². The topological polar surface area (TPSA) is 120 Å². The summed E-state index contributed by atoms with van der Waals surface area (Å²) >= 11 is 0. The van der Waals surface area contributed by atoms with Crippen LogP contribution < -0.4 is 25.3 Å². The maximum atomic E-state index is 15.2. The largest absolute Gasteiger partial charge is 0.444 e. The van der Waals surface area contributed by atoms with Gasteiger partial charge in [0.05, 0.1) is 31.0 Å². The van der Waals surface area contributed by atoms with E-state index in [0.717, 1.165) is 50.7 Å². The molecule has 12 nitrogen and oxygen atoms in total. The van der Waals surface area contributed by atoms with Gasteiger partial charge in [-0.25, -0.2) is 14.0 Å². The molecule has 0 unspecified atom stereocenters. The molecule has 3 fully saturated rings. The molecule has 44 heavy (non-hydrogen) atoms. The van der Waals surface area contributed by atoms with Crippen molar-refractivity contribution in [2.45, 2.75) is 64.8 Å². The molecule has 3 amide bonds. The summed E-state index contributed by atoms with van der Waals surface area (Å²) in [5.41, 5.74) is 0.413. The maximum Gasteiger partial charge on any atom is 0.414 e. The van der Waals surface area contributed by atoms with E-state index in [9.17, 15) is 14.4 Å². The molecule has 240 valence electrons. The number of benzene rings is 1. The predicted octanol–water partition coefficient (Wildman–Crippen LogP) is 3.70. The minimum absolute atomic E-state index is 0.0816. The smallest absolute Gasteiger partial charge is 0.414 e. The van der Waals surface area contributed by atoms with E-state index in [-0.39, 0.29) is 31.1 Å². The van der Waals surface area contributed by atoms with Crippen LogP contribution in [-0.2, 0) is 20.8 Å². The molecule has 4 heterocycles. The molecule has 1 atom stereocenters. The zero-order valence-corrected chi connectivity index (χ0v) is 25.9. The Bertz CT molecular complexity index is 1330. The average Bonchev–Trinajstić information content (AvgIpc) is 3.58. The molecule has 5 rings (SSSR count). The minimum atomic E-state index is -0.554. The molecule has 3 saturated heterocycles. The Labute approximate surface area is 257 Å². The van der Waals surface area contributed by atoms with Crippen LogP contribution in [0.15, 0.2) is 34.7 Å². The zero-order chi connectivity index (χ0) is 31.4. The van der Waals surface area contributed by atoms with Crippen molar-refractivity contribution in [3.05, 3.63) is 41.9 Å². The summed E-state index contributed by atoms with van der Waals surface area (Å²) in [7, 11) is 0. The third kappa shape index (κ3) is 8.13. The number of rotatable bonds is 8. The monoisotopic (exact) mass is 614 g/mol. The summed E-state index contributed by atoms with van der Waals surface area (Å²) < 4.78 is 32.1. The maximum absolute atomic E-state index is 15.2. The standard InChI is InChI=1S/C31H43FN6O6/c1-21(39)33-18-25-20-38(30(41)43-25)23-5-7-27(26(32)17-23)36-15-13-35(14-16-36)19-24-6-8-28(42-24)37-11-9-22(10-12-37)34-29(40)44-31(2,3)4/h5-8,17,22,25H,9-16,18-20H2,1-4H3,(H,33,39)(H,34,40)/t25-/m0/s1. The first-order valence-electron chi connectivity index (χ1n) is 15.3. The summed E-state index contributed by atoms with van der Waals surface area (Å²) in [4.78, 5) is 43.5. The van der Waals surface area contributed by atoms with Gasteiger partial charge in [-0.2, -0.15) is 0 Å². The summed E-state index contributed by atoms with van der Waals surface area (Å²) in [5, 5.41) is 5.61. The zero-order valence-electron chi connectivity index (χ0n) is 25.9. The normalized spacial score (nSPS) is 20.1. The first-order chi connectivity index (χ1) is 20.9. The number of ether oxygens (including phenoxy) is 2. The van der Waals surface area contributed by atoms with Crippen molar-refractivity contribution in [1.82, 2.24) is 15.5 Å². The Morgan fingerprint density at radius 2 is 1.75 bits per heavy atom. The van der Waals surface area contributed by atoms with Crippen LogP contribution in [0.2, 0.25) is 0 Å². The van der Waals surface area contributed by atoms with Crippen molar-refractivity contribution in [1.29, 1.82) is 0 Å². The van der Waals surface area contributed by atoms with E-state index in [1.54, 1.807) is 12.1 Å². The third-order valence-electron chi connectivity index (χ3n) is 7.96. The van der Waals surface area contributed by atoms with Gasteiger partial charge in [-0.15, -0.1) is 0 Å². The van der Waals surface area contributed by atoms with Gasteiger partial charge in [0.15, 0.2) is 5.88 Å². The molecule has 1 aromatic heterocycles. The van der Waals surface area contributed by atoms with Gasteiger partial charge >= 0.3 is 12.2 Å². The van der Waals surface area contributed by atoms with E-state index in [1.807, 2.05) is 37.8 Å².